The van der Waals surface area contributed by atoms with E-state index in [1.165, 1.54) is 12.8 Å². The fourth-order valence-corrected chi connectivity index (χ4v) is 3.77. The van der Waals surface area contributed by atoms with Gasteiger partial charge in [0, 0.05) is 5.56 Å². The lowest BCUT2D eigenvalue weighted by atomic mass is 9.73. The summed E-state index contributed by atoms with van der Waals surface area (Å²) in [5.74, 6) is 7.48. The molecule has 1 unspecified atom stereocenters. The topological polar surface area (TPSA) is 38.0 Å². The molecule has 1 saturated carbocycles. The molecule has 0 bridgehead atoms. The minimum atomic E-state index is -0.193. The van der Waals surface area contributed by atoms with E-state index < -0.39 is 0 Å². The van der Waals surface area contributed by atoms with Gasteiger partial charge in [0.1, 0.15) is 5.82 Å². The molecular weight excluding hydrogens is 319 g/mol. The van der Waals surface area contributed by atoms with Crippen LogP contribution in [0.3, 0.4) is 0 Å². The van der Waals surface area contributed by atoms with Gasteiger partial charge in [-0.05, 0) is 65.4 Å². The zero-order valence-corrected chi connectivity index (χ0v) is 13.8. The van der Waals surface area contributed by atoms with Crippen LogP contribution in [0.1, 0.15) is 51.1 Å². The molecule has 0 spiro atoms. The van der Waals surface area contributed by atoms with Gasteiger partial charge in [0.05, 0.1) is 10.5 Å². The van der Waals surface area contributed by atoms with Crippen LogP contribution in [0.15, 0.2) is 22.7 Å². The van der Waals surface area contributed by atoms with Crippen LogP contribution in [0.4, 0.5) is 4.39 Å². The summed E-state index contributed by atoms with van der Waals surface area (Å²) in [6.07, 6.45) is 4.67. The molecule has 0 saturated heterocycles. The number of nitrogens with two attached hydrogens (primary N) is 1. The molecule has 0 radical (unpaired) electrons. The second kappa shape index (κ2) is 7.01. The summed E-state index contributed by atoms with van der Waals surface area (Å²) >= 11 is 3.25. The van der Waals surface area contributed by atoms with Gasteiger partial charge in [0.15, 0.2) is 0 Å². The quantitative estimate of drug-likeness (QED) is 0.621. The SMILES string of the molecule is CC(C)C1CCC(C(NN)c2cccc(Br)c2F)CC1. The smallest absolute Gasteiger partial charge is 0.142 e. The highest BCUT2D eigenvalue weighted by molar-refractivity contribution is 9.10. The first kappa shape index (κ1) is 15.9. The predicted octanol–water partition coefficient (Wildman–Crippen LogP) is 4.56. The third-order valence-electron chi connectivity index (χ3n) is 4.73. The molecule has 0 heterocycles. The lowest BCUT2D eigenvalue weighted by Gasteiger charge is -2.35. The second-order valence-electron chi connectivity index (χ2n) is 6.21. The third kappa shape index (κ3) is 3.41. The van der Waals surface area contributed by atoms with Crippen molar-refractivity contribution in [3.8, 4) is 0 Å². The van der Waals surface area contributed by atoms with Gasteiger partial charge < -0.3 is 0 Å². The monoisotopic (exact) mass is 342 g/mol. The van der Waals surface area contributed by atoms with Gasteiger partial charge in [-0.15, -0.1) is 0 Å². The van der Waals surface area contributed by atoms with Crippen molar-refractivity contribution in [2.75, 3.05) is 0 Å². The number of rotatable bonds is 4. The molecule has 1 atom stereocenters. The molecule has 2 rings (SSSR count). The van der Waals surface area contributed by atoms with E-state index in [4.69, 9.17) is 5.84 Å². The van der Waals surface area contributed by atoms with Gasteiger partial charge in [-0.3, -0.25) is 11.3 Å². The Morgan fingerprint density at radius 1 is 1.20 bits per heavy atom. The zero-order valence-electron chi connectivity index (χ0n) is 12.2. The van der Waals surface area contributed by atoms with E-state index in [0.29, 0.717) is 16.0 Å². The molecule has 4 heteroatoms. The van der Waals surface area contributed by atoms with Crippen LogP contribution in [0.25, 0.3) is 0 Å². The molecule has 1 aliphatic rings. The molecule has 0 aromatic heterocycles. The Kier molecular flexibility index (Phi) is 5.58. The van der Waals surface area contributed by atoms with Crippen molar-refractivity contribution in [2.24, 2.45) is 23.6 Å². The van der Waals surface area contributed by atoms with E-state index in [0.717, 1.165) is 24.7 Å². The maximum atomic E-state index is 14.3. The van der Waals surface area contributed by atoms with Crippen molar-refractivity contribution >= 4 is 15.9 Å². The van der Waals surface area contributed by atoms with Gasteiger partial charge in [0.2, 0.25) is 0 Å². The number of hydrazine groups is 1. The molecule has 1 aliphatic carbocycles. The van der Waals surface area contributed by atoms with E-state index in [9.17, 15) is 4.39 Å². The van der Waals surface area contributed by atoms with Crippen molar-refractivity contribution in [1.29, 1.82) is 0 Å². The summed E-state index contributed by atoms with van der Waals surface area (Å²) < 4.78 is 14.8. The highest BCUT2D eigenvalue weighted by Gasteiger charge is 2.30. The Bertz CT molecular complexity index is 442. The van der Waals surface area contributed by atoms with Crippen LogP contribution >= 0.6 is 15.9 Å². The molecule has 2 nitrogen and oxygen atoms in total. The average molecular weight is 343 g/mol. The summed E-state index contributed by atoms with van der Waals surface area (Å²) in [5.41, 5.74) is 3.52. The summed E-state index contributed by atoms with van der Waals surface area (Å²) in [6.45, 7) is 4.58. The first-order valence-electron chi connectivity index (χ1n) is 7.44. The highest BCUT2D eigenvalue weighted by Crippen LogP contribution is 2.40. The highest BCUT2D eigenvalue weighted by atomic mass is 79.9. The Balaban J connectivity index is 2.12. The van der Waals surface area contributed by atoms with Crippen LogP contribution in [0.5, 0.6) is 0 Å². The Labute approximate surface area is 129 Å². The van der Waals surface area contributed by atoms with Gasteiger partial charge in [-0.1, -0.05) is 26.0 Å². The summed E-state index contributed by atoms with van der Waals surface area (Å²) in [7, 11) is 0. The lowest BCUT2D eigenvalue weighted by Crippen LogP contribution is -2.36. The molecule has 1 aromatic carbocycles. The summed E-state index contributed by atoms with van der Waals surface area (Å²) in [5, 5.41) is 0. The second-order valence-corrected chi connectivity index (χ2v) is 7.06. The van der Waals surface area contributed by atoms with Crippen molar-refractivity contribution in [1.82, 2.24) is 5.43 Å². The fourth-order valence-electron chi connectivity index (χ4n) is 3.39. The van der Waals surface area contributed by atoms with E-state index >= 15 is 0 Å². The maximum absolute atomic E-state index is 14.3. The van der Waals surface area contributed by atoms with Crippen molar-refractivity contribution in [3.63, 3.8) is 0 Å². The number of benzene rings is 1. The van der Waals surface area contributed by atoms with Crippen molar-refractivity contribution in [3.05, 3.63) is 34.1 Å². The van der Waals surface area contributed by atoms with Gasteiger partial charge in [-0.2, -0.15) is 0 Å². The standard InChI is InChI=1S/C16H24BrFN2/c1-10(2)11-6-8-12(9-7-11)16(20-19)13-4-3-5-14(17)15(13)18/h3-5,10-12,16,20H,6-9,19H2,1-2H3. The molecule has 1 fully saturated rings. The minimum absolute atomic E-state index is 0.0967. The van der Waals surface area contributed by atoms with Crippen LogP contribution in [0.2, 0.25) is 0 Å². The molecule has 0 amide bonds. The first-order chi connectivity index (χ1) is 9.54. The van der Waals surface area contributed by atoms with Crippen LogP contribution in [-0.4, -0.2) is 0 Å². The van der Waals surface area contributed by atoms with Crippen LogP contribution < -0.4 is 11.3 Å². The van der Waals surface area contributed by atoms with E-state index in [-0.39, 0.29) is 11.9 Å². The molecule has 0 aliphatic heterocycles. The number of nitrogens with one attached hydrogen (secondary N) is 1. The van der Waals surface area contributed by atoms with Crippen LogP contribution in [0, 0.1) is 23.6 Å². The normalized spacial score (nSPS) is 24.9. The molecule has 1 aromatic rings. The van der Waals surface area contributed by atoms with Gasteiger partial charge in [0.25, 0.3) is 0 Å². The maximum Gasteiger partial charge on any atom is 0.142 e. The van der Waals surface area contributed by atoms with Crippen molar-refractivity contribution in [2.45, 2.75) is 45.6 Å². The largest absolute Gasteiger partial charge is 0.271 e. The predicted molar refractivity (Wildman–Crippen MR) is 84.5 cm³/mol. The summed E-state index contributed by atoms with van der Waals surface area (Å²) in [4.78, 5) is 0. The molecule has 20 heavy (non-hydrogen) atoms. The number of halogens is 2. The van der Waals surface area contributed by atoms with Crippen molar-refractivity contribution < 1.29 is 4.39 Å². The van der Waals surface area contributed by atoms with E-state index in [1.54, 1.807) is 6.07 Å². The third-order valence-corrected chi connectivity index (χ3v) is 5.34. The molecule has 112 valence electrons. The Hall–Kier alpha value is -0.450. The Morgan fingerprint density at radius 3 is 2.35 bits per heavy atom. The fraction of sp³-hybridized carbons (Fsp3) is 0.625. The zero-order chi connectivity index (χ0) is 14.7. The lowest BCUT2D eigenvalue weighted by molar-refractivity contribution is 0.187. The Morgan fingerprint density at radius 2 is 1.80 bits per heavy atom. The van der Waals surface area contributed by atoms with Gasteiger partial charge in [-0.25, -0.2) is 4.39 Å². The minimum Gasteiger partial charge on any atom is -0.271 e. The van der Waals surface area contributed by atoms with E-state index in [2.05, 4.69) is 35.2 Å². The van der Waals surface area contributed by atoms with Crippen LogP contribution in [-0.2, 0) is 0 Å². The number of hydrogen-bond donors (Lipinski definition) is 2. The molecular formula is C16H24BrFN2. The van der Waals surface area contributed by atoms with E-state index in [1.807, 2.05) is 12.1 Å². The average Bonchev–Trinajstić information content (AvgIpc) is 2.45. The number of hydrogen-bond acceptors (Lipinski definition) is 2. The first-order valence-corrected chi connectivity index (χ1v) is 8.24. The summed E-state index contributed by atoms with van der Waals surface area (Å²) in [6, 6.07) is 5.33. The molecule has 3 N–H and O–H groups in total. The van der Waals surface area contributed by atoms with Gasteiger partial charge >= 0.3 is 0 Å².